The van der Waals surface area contributed by atoms with E-state index in [1.807, 2.05) is 54.3 Å². The third kappa shape index (κ3) is 3.27. The summed E-state index contributed by atoms with van der Waals surface area (Å²) in [7, 11) is 0. The van der Waals surface area contributed by atoms with Gasteiger partial charge in [-0.2, -0.15) is 0 Å². The zero-order valence-electron chi connectivity index (χ0n) is 16.7. The van der Waals surface area contributed by atoms with Crippen LogP contribution in [0, 0.1) is 13.8 Å². The van der Waals surface area contributed by atoms with Gasteiger partial charge in [0.1, 0.15) is 5.52 Å². The van der Waals surface area contributed by atoms with Crippen molar-refractivity contribution >= 4 is 27.9 Å². The van der Waals surface area contributed by atoms with E-state index < -0.39 is 0 Å². The predicted molar refractivity (Wildman–Crippen MR) is 113 cm³/mol. The molecule has 0 saturated carbocycles. The molecule has 4 aromatic rings. The Labute approximate surface area is 169 Å². The van der Waals surface area contributed by atoms with Crippen LogP contribution in [0.3, 0.4) is 0 Å². The Morgan fingerprint density at radius 2 is 1.79 bits per heavy atom. The molecule has 1 amide bonds. The predicted octanol–water partition coefficient (Wildman–Crippen LogP) is 5.01. The molecule has 1 fully saturated rings. The topological polar surface area (TPSA) is 59.2 Å². The van der Waals surface area contributed by atoms with Gasteiger partial charge in [0.25, 0.3) is 5.91 Å². The SMILES string of the molecule is Cc1ccc2nc(C)c(C(=O)N3CCC(c4nc5ccccc5o4)CC3)cc2c1. The van der Waals surface area contributed by atoms with Gasteiger partial charge >= 0.3 is 0 Å². The summed E-state index contributed by atoms with van der Waals surface area (Å²) in [6.45, 7) is 5.37. The van der Waals surface area contributed by atoms with Crippen LogP contribution in [0.25, 0.3) is 22.0 Å². The summed E-state index contributed by atoms with van der Waals surface area (Å²) in [6, 6.07) is 16.0. The number of para-hydroxylation sites is 2. The second kappa shape index (κ2) is 6.99. The van der Waals surface area contributed by atoms with E-state index in [1.165, 1.54) is 5.56 Å². The number of carbonyl (C=O) groups excluding carboxylic acids is 1. The van der Waals surface area contributed by atoms with Gasteiger partial charge in [-0.1, -0.05) is 23.8 Å². The summed E-state index contributed by atoms with van der Waals surface area (Å²) < 4.78 is 5.94. The summed E-state index contributed by atoms with van der Waals surface area (Å²) >= 11 is 0. The van der Waals surface area contributed by atoms with E-state index in [2.05, 4.69) is 23.0 Å². The fourth-order valence-corrected chi connectivity index (χ4v) is 4.17. The van der Waals surface area contributed by atoms with Gasteiger partial charge < -0.3 is 9.32 Å². The molecule has 29 heavy (non-hydrogen) atoms. The van der Waals surface area contributed by atoms with Gasteiger partial charge in [-0.3, -0.25) is 9.78 Å². The summed E-state index contributed by atoms with van der Waals surface area (Å²) in [5.41, 5.74) is 5.30. The molecule has 2 aromatic heterocycles. The number of carbonyl (C=O) groups is 1. The number of likely N-dealkylation sites (tertiary alicyclic amines) is 1. The van der Waals surface area contributed by atoms with E-state index in [0.29, 0.717) is 18.7 Å². The molecular weight excluding hydrogens is 362 g/mol. The van der Waals surface area contributed by atoms with Crippen molar-refractivity contribution in [3.8, 4) is 0 Å². The minimum absolute atomic E-state index is 0.0643. The Balaban J connectivity index is 1.34. The van der Waals surface area contributed by atoms with Crippen molar-refractivity contribution in [2.45, 2.75) is 32.6 Å². The third-order valence-electron chi connectivity index (χ3n) is 5.83. The first-order valence-electron chi connectivity index (χ1n) is 10.1. The van der Waals surface area contributed by atoms with Crippen molar-refractivity contribution in [3.63, 3.8) is 0 Å². The number of benzene rings is 2. The lowest BCUT2D eigenvalue weighted by molar-refractivity contribution is 0.0705. The maximum Gasteiger partial charge on any atom is 0.255 e. The Bertz CT molecular complexity index is 1190. The van der Waals surface area contributed by atoms with Crippen molar-refractivity contribution < 1.29 is 9.21 Å². The number of pyridine rings is 1. The number of nitrogens with zero attached hydrogens (tertiary/aromatic N) is 3. The summed E-state index contributed by atoms with van der Waals surface area (Å²) in [5, 5.41) is 1.01. The fraction of sp³-hybridized carbons (Fsp3) is 0.292. The molecule has 5 rings (SSSR count). The van der Waals surface area contributed by atoms with Crippen LogP contribution < -0.4 is 0 Å². The molecule has 5 nitrogen and oxygen atoms in total. The highest BCUT2D eigenvalue weighted by atomic mass is 16.3. The van der Waals surface area contributed by atoms with Crippen LogP contribution >= 0.6 is 0 Å². The molecular formula is C24H23N3O2. The maximum absolute atomic E-state index is 13.2. The molecule has 146 valence electrons. The van der Waals surface area contributed by atoms with Crippen LogP contribution in [0.4, 0.5) is 0 Å². The van der Waals surface area contributed by atoms with Crippen LogP contribution in [0.1, 0.15) is 46.3 Å². The van der Waals surface area contributed by atoms with Gasteiger partial charge in [0.15, 0.2) is 11.5 Å². The number of oxazole rings is 1. The Morgan fingerprint density at radius 1 is 1.00 bits per heavy atom. The average molecular weight is 385 g/mol. The number of rotatable bonds is 2. The third-order valence-corrected chi connectivity index (χ3v) is 5.83. The second-order valence-corrected chi connectivity index (χ2v) is 7.90. The highest BCUT2D eigenvalue weighted by Crippen LogP contribution is 2.31. The molecule has 0 radical (unpaired) electrons. The molecule has 0 atom stereocenters. The van der Waals surface area contributed by atoms with Crippen molar-refractivity contribution in [1.82, 2.24) is 14.9 Å². The second-order valence-electron chi connectivity index (χ2n) is 7.90. The number of fused-ring (bicyclic) bond motifs is 2. The number of amides is 1. The number of aromatic nitrogens is 2. The van der Waals surface area contributed by atoms with E-state index in [9.17, 15) is 4.79 Å². The summed E-state index contributed by atoms with van der Waals surface area (Å²) in [5.74, 6) is 1.11. The van der Waals surface area contributed by atoms with Crippen molar-refractivity contribution in [3.05, 3.63) is 71.2 Å². The molecule has 0 aliphatic carbocycles. The highest BCUT2D eigenvalue weighted by Gasteiger charge is 2.28. The molecule has 0 spiro atoms. The average Bonchev–Trinajstić information content (AvgIpc) is 3.17. The van der Waals surface area contributed by atoms with Crippen LogP contribution in [0.5, 0.6) is 0 Å². The Kier molecular flexibility index (Phi) is 4.31. The smallest absolute Gasteiger partial charge is 0.255 e. The van der Waals surface area contributed by atoms with Gasteiger partial charge in [-0.15, -0.1) is 0 Å². The molecule has 1 aliphatic rings. The lowest BCUT2D eigenvalue weighted by Gasteiger charge is -2.31. The molecule has 2 aromatic carbocycles. The Hall–Kier alpha value is -3.21. The zero-order valence-corrected chi connectivity index (χ0v) is 16.7. The first kappa shape index (κ1) is 17.9. The maximum atomic E-state index is 13.2. The highest BCUT2D eigenvalue weighted by molar-refractivity contribution is 5.98. The van der Waals surface area contributed by atoms with Crippen molar-refractivity contribution in [1.29, 1.82) is 0 Å². The fourth-order valence-electron chi connectivity index (χ4n) is 4.17. The normalized spacial score (nSPS) is 15.3. The number of hydrogen-bond acceptors (Lipinski definition) is 4. The minimum atomic E-state index is 0.0643. The first-order chi connectivity index (χ1) is 14.1. The summed E-state index contributed by atoms with van der Waals surface area (Å²) in [4.78, 5) is 24.4. The van der Waals surface area contributed by atoms with Crippen LogP contribution in [0.2, 0.25) is 0 Å². The molecule has 0 bridgehead atoms. The summed E-state index contributed by atoms with van der Waals surface area (Å²) in [6.07, 6.45) is 1.72. The van der Waals surface area contributed by atoms with Gasteiger partial charge in [0.2, 0.25) is 0 Å². The quantitative estimate of drug-likeness (QED) is 0.486. The number of piperidine rings is 1. The van der Waals surface area contributed by atoms with E-state index >= 15 is 0 Å². The largest absolute Gasteiger partial charge is 0.440 e. The van der Waals surface area contributed by atoms with Crippen LogP contribution in [-0.4, -0.2) is 33.9 Å². The van der Waals surface area contributed by atoms with E-state index in [0.717, 1.165) is 46.4 Å². The van der Waals surface area contributed by atoms with Crippen LogP contribution in [0.15, 0.2) is 52.9 Å². The van der Waals surface area contributed by atoms with Gasteiger partial charge in [-0.25, -0.2) is 4.98 Å². The van der Waals surface area contributed by atoms with Crippen LogP contribution in [-0.2, 0) is 0 Å². The van der Waals surface area contributed by atoms with E-state index in [-0.39, 0.29) is 11.8 Å². The van der Waals surface area contributed by atoms with Gasteiger partial charge in [0.05, 0.1) is 16.8 Å². The first-order valence-corrected chi connectivity index (χ1v) is 10.1. The molecule has 5 heteroatoms. The van der Waals surface area contributed by atoms with Crippen molar-refractivity contribution in [2.24, 2.45) is 0 Å². The van der Waals surface area contributed by atoms with Gasteiger partial charge in [-0.05, 0) is 57.0 Å². The lowest BCUT2D eigenvalue weighted by atomic mass is 9.96. The van der Waals surface area contributed by atoms with E-state index in [1.54, 1.807) is 0 Å². The van der Waals surface area contributed by atoms with Gasteiger partial charge in [0, 0.05) is 24.4 Å². The molecule has 0 N–H and O–H groups in total. The monoisotopic (exact) mass is 385 g/mol. The lowest BCUT2D eigenvalue weighted by Crippen LogP contribution is -2.38. The molecule has 1 aliphatic heterocycles. The number of aryl methyl sites for hydroxylation is 2. The Morgan fingerprint density at radius 3 is 2.59 bits per heavy atom. The minimum Gasteiger partial charge on any atom is -0.440 e. The number of hydrogen-bond donors (Lipinski definition) is 0. The molecule has 3 heterocycles. The zero-order chi connectivity index (χ0) is 20.0. The van der Waals surface area contributed by atoms with Crippen molar-refractivity contribution in [2.75, 3.05) is 13.1 Å². The molecule has 0 unspecified atom stereocenters. The standard InChI is InChI=1S/C24H23N3O2/c1-15-7-8-20-18(13-15)14-19(16(2)25-20)24(28)27-11-9-17(10-12-27)23-26-21-5-3-4-6-22(21)29-23/h3-8,13-14,17H,9-12H2,1-2H3. The van der Waals surface area contributed by atoms with E-state index in [4.69, 9.17) is 4.42 Å². The molecule has 1 saturated heterocycles.